The van der Waals surface area contributed by atoms with Gasteiger partial charge in [-0.3, -0.25) is 9.78 Å². The summed E-state index contributed by atoms with van der Waals surface area (Å²) in [7, 11) is 3.22. The molecule has 0 fully saturated rings. The Hall–Kier alpha value is -3.28. The minimum absolute atomic E-state index is 0.0523. The van der Waals surface area contributed by atoms with Gasteiger partial charge in [-0.2, -0.15) is 0 Å². The van der Waals surface area contributed by atoms with E-state index in [0.717, 1.165) is 11.1 Å². The number of hydrogen-bond acceptors (Lipinski definition) is 5. The number of furan rings is 1. The Bertz CT molecular complexity index is 921. The predicted molar refractivity (Wildman–Crippen MR) is 106 cm³/mol. The molecule has 3 rings (SSSR count). The standard InChI is InChI=1S/C22H24N2O4/c1-16-19(9-13-28-16)22(25)24(15-18-6-10-23-11-7-18)12-8-17-4-5-20(26-2)21(14-17)27-3/h4-7,9-11,13-14H,8,12,15H2,1-3H3. The molecule has 1 aromatic carbocycles. The maximum Gasteiger partial charge on any atom is 0.257 e. The summed E-state index contributed by atoms with van der Waals surface area (Å²) >= 11 is 0. The van der Waals surface area contributed by atoms with Gasteiger partial charge in [0, 0.05) is 25.5 Å². The van der Waals surface area contributed by atoms with Gasteiger partial charge in [0.05, 0.1) is 26.0 Å². The van der Waals surface area contributed by atoms with E-state index < -0.39 is 0 Å². The molecule has 0 spiro atoms. The number of rotatable bonds is 8. The third kappa shape index (κ3) is 4.52. The van der Waals surface area contributed by atoms with Crippen LogP contribution in [0.2, 0.25) is 0 Å². The number of benzene rings is 1. The second-order valence-electron chi connectivity index (χ2n) is 6.41. The molecule has 0 radical (unpaired) electrons. The number of pyridine rings is 1. The van der Waals surface area contributed by atoms with Gasteiger partial charge in [-0.1, -0.05) is 6.07 Å². The van der Waals surface area contributed by atoms with Gasteiger partial charge in [0.15, 0.2) is 11.5 Å². The van der Waals surface area contributed by atoms with Crippen LogP contribution in [-0.4, -0.2) is 36.6 Å². The molecule has 0 bridgehead atoms. The molecule has 0 unspecified atom stereocenters. The number of hydrogen-bond donors (Lipinski definition) is 0. The highest BCUT2D eigenvalue weighted by Gasteiger charge is 2.20. The quantitative estimate of drug-likeness (QED) is 0.593. The third-order valence-electron chi connectivity index (χ3n) is 4.62. The number of amides is 1. The van der Waals surface area contributed by atoms with Crippen molar-refractivity contribution in [2.24, 2.45) is 0 Å². The van der Waals surface area contributed by atoms with Gasteiger partial charge in [-0.25, -0.2) is 0 Å². The lowest BCUT2D eigenvalue weighted by Crippen LogP contribution is -2.32. The van der Waals surface area contributed by atoms with Gasteiger partial charge in [-0.15, -0.1) is 0 Å². The summed E-state index contributed by atoms with van der Waals surface area (Å²) in [5.41, 5.74) is 2.67. The molecular weight excluding hydrogens is 356 g/mol. The number of ether oxygens (including phenoxy) is 2. The van der Waals surface area contributed by atoms with Crippen LogP contribution >= 0.6 is 0 Å². The van der Waals surface area contributed by atoms with Crippen LogP contribution in [0.25, 0.3) is 0 Å². The number of aryl methyl sites for hydroxylation is 1. The topological polar surface area (TPSA) is 64.8 Å². The van der Waals surface area contributed by atoms with Crippen molar-refractivity contribution in [3.8, 4) is 11.5 Å². The Morgan fingerprint density at radius 1 is 1.04 bits per heavy atom. The van der Waals surface area contributed by atoms with Crippen molar-refractivity contribution in [2.75, 3.05) is 20.8 Å². The molecule has 0 atom stereocenters. The lowest BCUT2D eigenvalue weighted by molar-refractivity contribution is 0.0743. The van der Waals surface area contributed by atoms with E-state index in [1.54, 1.807) is 45.9 Å². The molecule has 0 aliphatic rings. The van der Waals surface area contributed by atoms with Crippen molar-refractivity contribution in [1.29, 1.82) is 0 Å². The summed E-state index contributed by atoms with van der Waals surface area (Å²) in [5, 5.41) is 0. The molecule has 2 aromatic heterocycles. The predicted octanol–water partition coefficient (Wildman–Crippen LogP) is 3.89. The van der Waals surface area contributed by atoms with Gasteiger partial charge in [0.1, 0.15) is 5.76 Å². The van der Waals surface area contributed by atoms with Gasteiger partial charge >= 0.3 is 0 Å². The number of carbonyl (C=O) groups excluding carboxylic acids is 1. The van der Waals surface area contributed by atoms with Crippen LogP contribution in [0.3, 0.4) is 0 Å². The van der Waals surface area contributed by atoms with Crippen molar-refractivity contribution in [3.63, 3.8) is 0 Å². The van der Waals surface area contributed by atoms with Crippen LogP contribution in [0.15, 0.2) is 59.5 Å². The first-order valence-electron chi connectivity index (χ1n) is 9.05. The van der Waals surface area contributed by atoms with E-state index in [4.69, 9.17) is 13.9 Å². The lowest BCUT2D eigenvalue weighted by atomic mass is 10.1. The molecule has 6 nitrogen and oxygen atoms in total. The van der Waals surface area contributed by atoms with Crippen LogP contribution in [0, 0.1) is 6.92 Å². The monoisotopic (exact) mass is 380 g/mol. The third-order valence-corrected chi connectivity index (χ3v) is 4.62. The Morgan fingerprint density at radius 3 is 2.43 bits per heavy atom. The molecule has 2 heterocycles. The summed E-state index contributed by atoms with van der Waals surface area (Å²) in [6, 6.07) is 11.4. The summed E-state index contributed by atoms with van der Waals surface area (Å²) in [4.78, 5) is 19.0. The second kappa shape index (κ2) is 9.08. The van der Waals surface area contributed by atoms with E-state index in [-0.39, 0.29) is 5.91 Å². The Kier molecular flexibility index (Phi) is 6.32. The summed E-state index contributed by atoms with van der Waals surface area (Å²) in [5.74, 6) is 1.93. The van der Waals surface area contributed by atoms with Crippen LogP contribution < -0.4 is 9.47 Å². The van der Waals surface area contributed by atoms with E-state index in [0.29, 0.717) is 42.3 Å². The van der Waals surface area contributed by atoms with Gasteiger partial charge in [-0.05, 0) is 54.8 Å². The molecule has 28 heavy (non-hydrogen) atoms. The van der Waals surface area contributed by atoms with E-state index in [1.807, 2.05) is 35.2 Å². The zero-order valence-electron chi connectivity index (χ0n) is 16.3. The van der Waals surface area contributed by atoms with Crippen LogP contribution in [-0.2, 0) is 13.0 Å². The highest BCUT2D eigenvalue weighted by Crippen LogP contribution is 2.28. The minimum Gasteiger partial charge on any atom is -0.493 e. The van der Waals surface area contributed by atoms with Crippen molar-refractivity contribution in [3.05, 3.63) is 77.5 Å². The first kappa shape index (κ1) is 19.5. The molecule has 3 aromatic rings. The largest absolute Gasteiger partial charge is 0.493 e. The van der Waals surface area contributed by atoms with E-state index >= 15 is 0 Å². The average Bonchev–Trinajstić information content (AvgIpc) is 3.16. The fourth-order valence-electron chi connectivity index (χ4n) is 3.04. The molecule has 0 aliphatic heterocycles. The Labute approximate surface area is 164 Å². The van der Waals surface area contributed by atoms with Gasteiger partial charge in [0.2, 0.25) is 0 Å². The van der Waals surface area contributed by atoms with E-state index in [1.165, 1.54) is 0 Å². The zero-order chi connectivity index (χ0) is 19.9. The molecule has 6 heteroatoms. The van der Waals surface area contributed by atoms with E-state index in [2.05, 4.69) is 4.98 Å². The second-order valence-corrected chi connectivity index (χ2v) is 6.41. The molecule has 0 N–H and O–H groups in total. The minimum atomic E-state index is -0.0523. The Morgan fingerprint density at radius 2 is 1.79 bits per heavy atom. The van der Waals surface area contributed by atoms with Crippen molar-refractivity contribution < 1.29 is 18.7 Å². The van der Waals surface area contributed by atoms with Crippen molar-refractivity contribution >= 4 is 5.91 Å². The smallest absolute Gasteiger partial charge is 0.257 e. The molecule has 0 saturated carbocycles. The number of methoxy groups -OCH3 is 2. The molecule has 146 valence electrons. The average molecular weight is 380 g/mol. The first-order chi connectivity index (χ1) is 13.6. The molecule has 1 amide bonds. The summed E-state index contributed by atoms with van der Waals surface area (Å²) < 4.78 is 16.0. The lowest BCUT2D eigenvalue weighted by Gasteiger charge is -2.23. The maximum atomic E-state index is 13.1. The molecular formula is C22H24N2O4. The maximum absolute atomic E-state index is 13.1. The first-order valence-corrected chi connectivity index (χ1v) is 9.05. The normalized spacial score (nSPS) is 10.5. The van der Waals surface area contributed by atoms with Crippen LogP contribution in [0.1, 0.15) is 27.2 Å². The molecule has 0 saturated heterocycles. The summed E-state index contributed by atoms with van der Waals surface area (Å²) in [6.45, 7) is 2.85. The van der Waals surface area contributed by atoms with Crippen LogP contribution in [0.4, 0.5) is 0 Å². The van der Waals surface area contributed by atoms with Gasteiger partial charge in [0.25, 0.3) is 5.91 Å². The van der Waals surface area contributed by atoms with Gasteiger partial charge < -0.3 is 18.8 Å². The fraction of sp³-hybridized carbons (Fsp3) is 0.273. The summed E-state index contributed by atoms with van der Waals surface area (Å²) in [6.07, 6.45) is 5.69. The molecule has 0 aliphatic carbocycles. The van der Waals surface area contributed by atoms with Crippen LogP contribution in [0.5, 0.6) is 11.5 Å². The van der Waals surface area contributed by atoms with Crippen molar-refractivity contribution in [2.45, 2.75) is 19.9 Å². The number of nitrogens with zero attached hydrogens (tertiary/aromatic N) is 2. The van der Waals surface area contributed by atoms with Crippen molar-refractivity contribution in [1.82, 2.24) is 9.88 Å². The number of aromatic nitrogens is 1. The zero-order valence-corrected chi connectivity index (χ0v) is 16.3. The Balaban J connectivity index is 1.79. The highest BCUT2D eigenvalue weighted by molar-refractivity contribution is 5.95. The SMILES string of the molecule is COc1ccc(CCN(Cc2ccncc2)C(=O)c2ccoc2C)cc1OC. The number of carbonyl (C=O) groups is 1. The fourth-order valence-corrected chi connectivity index (χ4v) is 3.04. The van der Waals surface area contributed by atoms with E-state index in [9.17, 15) is 4.79 Å². The highest BCUT2D eigenvalue weighted by atomic mass is 16.5.